The molecule has 1 aromatic carbocycles. The van der Waals surface area contributed by atoms with Crippen LogP contribution in [0.15, 0.2) is 23.4 Å². The number of amides is 1. The van der Waals surface area contributed by atoms with E-state index in [1.807, 2.05) is 6.92 Å². The molecule has 21 heavy (non-hydrogen) atoms. The molecule has 0 heterocycles. The van der Waals surface area contributed by atoms with Gasteiger partial charge in [-0.1, -0.05) is 5.16 Å². The first-order valence-electron chi connectivity index (χ1n) is 6.54. The Morgan fingerprint density at radius 1 is 1.29 bits per heavy atom. The van der Waals surface area contributed by atoms with Crippen molar-refractivity contribution in [3.8, 4) is 11.5 Å². The Bertz CT molecular complexity index is 495. The highest BCUT2D eigenvalue weighted by Crippen LogP contribution is 2.23. The summed E-state index contributed by atoms with van der Waals surface area (Å²) in [6.45, 7) is 2.74. The second-order valence-electron chi connectivity index (χ2n) is 4.33. The van der Waals surface area contributed by atoms with Crippen molar-refractivity contribution in [1.29, 1.82) is 0 Å². The molecule has 1 rings (SSSR count). The van der Waals surface area contributed by atoms with Crippen molar-refractivity contribution < 1.29 is 19.5 Å². The summed E-state index contributed by atoms with van der Waals surface area (Å²) in [5.41, 5.74) is 5.89. The topological polar surface area (TPSA) is 97.4 Å². The van der Waals surface area contributed by atoms with Gasteiger partial charge in [-0.25, -0.2) is 0 Å². The predicted molar refractivity (Wildman–Crippen MR) is 79.1 cm³/mol. The molecular weight excluding hydrogens is 274 g/mol. The SMILES string of the molecule is CCN(CCC(N)=NO)C(=O)c1cc(OC)cc(OC)c1. The smallest absolute Gasteiger partial charge is 0.254 e. The van der Waals surface area contributed by atoms with Crippen molar-refractivity contribution >= 4 is 11.7 Å². The van der Waals surface area contributed by atoms with Crippen LogP contribution in [0.25, 0.3) is 0 Å². The summed E-state index contributed by atoms with van der Waals surface area (Å²) in [5, 5.41) is 11.4. The van der Waals surface area contributed by atoms with Crippen molar-refractivity contribution in [2.45, 2.75) is 13.3 Å². The maximum Gasteiger partial charge on any atom is 0.254 e. The summed E-state index contributed by atoms with van der Waals surface area (Å²) < 4.78 is 10.3. The molecule has 116 valence electrons. The highest BCUT2D eigenvalue weighted by molar-refractivity contribution is 5.95. The Kier molecular flexibility index (Phi) is 6.32. The molecule has 0 fully saturated rings. The molecule has 0 aliphatic heterocycles. The lowest BCUT2D eigenvalue weighted by Gasteiger charge is -2.21. The second-order valence-corrected chi connectivity index (χ2v) is 4.33. The normalized spacial score (nSPS) is 11.1. The van der Waals surface area contributed by atoms with Gasteiger partial charge in [0.1, 0.15) is 17.3 Å². The fraction of sp³-hybridized carbons (Fsp3) is 0.429. The first-order chi connectivity index (χ1) is 10.0. The van der Waals surface area contributed by atoms with Gasteiger partial charge in [-0.05, 0) is 19.1 Å². The lowest BCUT2D eigenvalue weighted by Crippen LogP contribution is -2.34. The first-order valence-corrected chi connectivity index (χ1v) is 6.54. The fourth-order valence-electron chi connectivity index (χ4n) is 1.82. The van der Waals surface area contributed by atoms with Crippen molar-refractivity contribution in [3.05, 3.63) is 23.8 Å². The van der Waals surface area contributed by atoms with E-state index in [0.717, 1.165) is 0 Å². The number of nitrogens with two attached hydrogens (primary N) is 1. The summed E-state index contributed by atoms with van der Waals surface area (Å²) in [5.74, 6) is 1.01. The Morgan fingerprint density at radius 2 is 1.86 bits per heavy atom. The van der Waals surface area contributed by atoms with E-state index >= 15 is 0 Å². The number of carbonyl (C=O) groups is 1. The number of methoxy groups -OCH3 is 2. The lowest BCUT2D eigenvalue weighted by atomic mass is 10.1. The van der Waals surface area contributed by atoms with E-state index in [4.69, 9.17) is 20.4 Å². The molecule has 0 saturated heterocycles. The maximum atomic E-state index is 12.5. The van der Waals surface area contributed by atoms with E-state index in [1.165, 1.54) is 14.2 Å². The average Bonchev–Trinajstić information content (AvgIpc) is 2.54. The number of oxime groups is 1. The van der Waals surface area contributed by atoms with Crippen LogP contribution in [0.5, 0.6) is 11.5 Å². The summed E-state index contributed by atoms with van der Waals surface area (Å²) in [6.07, 6.45) is 0.303. The second kappa shape index (κ2) is 7.98. The van der Waals surface area contributed by atoms with Gasteiger partial charge in [0, 0.05) is 31.1 Å². The van der Waals surface area contributed by atoms with E-state index in [-0.39, 0.29) is 11.7 Å². The molecule has 7 nitrogen and oxygen atoms in total. The largest absolute Gasteiger partial charge is 0.497 e. The fourth-order valence-corrected chi connectivity index (χ4v) is 1.82. The molecule has 1 amide bonds. The van der Waals surface area contributed by atoms with Crippen LogP contribution in [-0.2, 0) is 0 Å². The molecule has 1 aromatic rings. The van der Waals surface area contributed by atoms with Crippen molar-refractivity contribution in [2.24, 2.45) is 10.9 Å². The molecule has 0 aliphatic rings. The van der Waals surface area contributed by atoms with Crippen LogP contribution in [0.2, 0.25) is 0 Å². The molecule has 0 aromatic heterocycles. The van der Waals surface area contributed by atoms with Crippen molar-refractivity contribution in [3.63, 3.8) is 0 Å². The minimum atomic E-state index is -0.166. The molecule has 7 heteroatoms. The van der Waals surface area contributed by atoms with E-state index < -0.39 is 0 Å². The van der Waals surface area contributed by atoms with Crippen LogP contribution in [0, 0.1) is 0 Å². The number of rotatable bonds is 7. The van der Waals surface area contributed by atoms with Crippen LogP contribution in [-0.4, -0.2) is 49.2 Å². The number of amidine groups is 1. The Morgan fingerprint density at radius 3 is 2.29 bits per heavy atom. The highest BCUT2D eigenvalue weighted by Gasteiger charge is 2.16. The average molecular weight is 295 g/mol. The Balaban J connectivity index is 2.93. The van der Waals surface area contributed by atoms with Gasteiger partial charge in [-0.2, -0.15) is 0 Å². The van der Waals surface area contributed by atoms with Gasteiger partial charge in [0.25, 0.3) is 5.91 Å². The molecule has 0 radical (unpaired) electrons. The summed E-state index contributed by atoms with van der Waals surface area (Å²) >= 11 is 0. The lowest BCUT2D eigenvalue weighted by molar-refractivity contribution is 0.0767. The van der Waals surface area contributed by atoms with Gasteiger partial charge >= 0.3 is 0 Å². The molecule has 0 saturated carbocycles. The van der Waals surface area contributed by atoms with Crippen LogP contribution in [0.1, 0.15) is 23.7 Å². The Labute approximate surface area is 123 Å². The zero-order valence-electron chi connectivity index (χ0n) is 12.5. The van der Waals surface area contributed by atoms with Crippen molar-refractivity contribution in [1.82, 2.24) is 4.90 Å². The third-order valence-electron chi connectivity index (χ3n) is 3.03. The standard InChI is InChI=1S/C14H21N3O4/c1-4-17(6-5-13(15)16-19)14(18)10-7-11(20-2)9-12(8-10)21-3/h7-9,19H,4-6H2,1-3H3,(H2,15,16). The molecule has 0 aliphatic carbocycles. The third-order valence-corrected chi connectivity index (χ3v) is 3.03. The van der Waals surface area contributed by atoms with Gasteiger partial charge in [-0.3, -0.25) is 4.79 Å². The maximum absolute atomic E-state index is 12.5. The third kappa shape index (κ3) is 4.55. The minimum Gasteiger partial charge on any atom is -0.497 e. The number of ether oxygens (including phenoxy) is 2. The molecule has 0 bridgehead atoms. The number of hydrogen-bond acceptors (Lipinski definition) is 5. The number of carbonyl (C=O) groups excluding carboxylic acids is 1. The van der Waals surface area contributed by atoms with E-state index in [2.05, 4.69) is 5.16 Å². The number of hydrogen-bond donors (Lipinski definition) is 2. The zero-order valence-corrected chi connectivity index (χ0v) is 12.5. The van der Waals surface area contributed by atoms with Crippen LogP contribution < -0.4 is 15.2 Å². The van der Waals surface area contributed by atoms with Crippen LogP contribution in [0.3, 0.4) is 0 Å². The highest BCUT2D eigenvalue weighted by atomic mass is 16.5. The van der Waals surface area contributed by atoms with Gasteiger partial charge in [0.15, 0.2) is 0 Å². The van der Waals surface area contributed by atoms with E-state index in [9.17, 15) is 4.79 Å². The van der Waals surface area contributed by atoms with Gasteiger partial charge in [-0.15, -0.1) is 0 Å². The summed E-state index contributed by atoms with van der Waals surface area (Å²) in [4.78, 5) is 14.1. The van der Waals surface area contributed by atoms with E-state index in [1.54, 1.807) is 23.1 Å². The molecular formula is C14H21N3O4. The molecule has 0 spiro atoms. The summed E-state index contributed by atoms with van der Waals surface area (Å²) in [6, 6.07) is 5.00. The van der Waals surface area contributed by atoms with Crippen LogP contribution in [0.4, 0.5) is 0 Å². The number of nitrogens with zero attached hydrogens (tertiary/aromatic N) is 2. The molecule has 0 unspecified atom stereocenters. The van der Waals surface area contributed by atoms with Gasteiger partial charge in [0.05, 0.1) is 14.2 Å². The monoisotopic (exact) mass is 295 g/mol. The minimum absolute atomic E-state index is 0.0875. The molecule has 3 N–H and O–H groups in total. The van der Waals surface area contributed by atoms with Crippen LogP contribution >= 0.6 is 0 Å². The molecule has 0 atom stereocenters. The van der Waals surface area contributed by atoms with Gasteiger partial charge in [0.2, 0.25) is 0 Å². The van der Waals surface area contributed by atoms with Gasteiger partial charge < -0.3 is 25.3 Å². The zero-order chi connectivity index (χ0) is 15.8. The Hall–Kier alpha value is -2.44. The number of benzene rings is 1. The first kappa shape index (κ1) is 16.6. The van der Waals surface area contributed by atoms with Crippen molar-refractivity contribution in [2.75, 3.05) is 27.3 Å². The van der Waals surface area contributed by atoms with E-state index in [0.29, 0.717) is 36.6 Å². The summed E-state index contributed by atoms with van der Waals surface area (Å²) in [7, 11) is 3.05. The predicted octanol–water partition coefficient (Wildman–Crippen LogP) is 1.30. The quantitative estimate of drug-likeness (QED) is 0.342.